The summed E-state index contributed by atoms with van der Waals surface area (Å²) in [6.45, 7) is 23.0. The molecule has 0 aliphatic carbocycles. The van der Waals surface area contributed by atoms with E-state index < -0.39 is 0 Å². The lowest BCUT2D eigenvalue weighted by Gasteiger charge is -2.12. The molecule has 42 heavy (non-hydrogen) atoms. The normalized spacial score (nSPS) is 9.43. The molecule has 0 bridgehead atoms. The second kappa shape index (κ2) is 21.5. The van der Waals surface area contributed by atoms with Gasteiger partial charge in [0.1, 0.15) is 5.69 Å². The Hall–Kier alpha value is -4.20. The van der Waals surface area contributed by atoms with Gasteiger partial charge in [0.05, 0.1) is 6.33 Å². The minimum Gasteiger partial charge on any atom is -0.340 e. The molecule has 0 atom stereocenters. The van der Waals surface area contributed by atoms with Crippen molar-refractivity contribution in [2.45, 2.75) is 75.7 Å². The van der Waals surface area contributed by atoms with Crippen LogP contribution in [0.5, 0.6) is 0 Å². The molecule has 0 saturated carbocycles. The topological polar surface area (TPSA) is 92.2 Å². The summed E-state index contributed by atoms with van der Waals surface area (Å²) in [5.41, 5.74) is 4.58. The molecule has 0 spiro atoms. The Morgan fingerprint density at radius 2 is 1.36 bits per heavy atom. The molecular weight excluding hydrogens is 531 g/mol. The van der Waals surface area contributed by atoms with Crippen molar-refractivity contribution in [1.29, 1.82) is 0 Å². The maximum atomic E-state index is 12.6. The SMILES string of the molecule is C=CC.CC.CC(=O)Nc1ccc(NC(=O)c2cc3cc(NC=O)ccc3n2C)cc1.CC(C)=CF.CCC(C)(C)C. The van der Waals surface area contributed by atoms with Crippen LogP contribution in [0.3, 0.4) is 0 Å². The van der Waals surface area contributed by atoms with Gasteiger partial charge < -0.3 is 20.5 Å². The van der Waals surface area contributed by atoms with E-state index in [2.05, 4.69) is 50.2 Å². The third-order valence-electron chi connectivity index (χ3n) is 5.24. The Morgan fingerprint density at radius 3 is 1.74 bits per heavy atom. The summed E-state index contributed by atoms with van der Waals surface area (Å²) < 4.78 is 12.7. The van der Waals surface area contributed by atoms with Crippen LogP contribution in [0.1, 0.15) is 86.1 Å². The molecule has 3 rings (SSSR count). The molecule has 0 aliphatic heterocycles. The van der Waals surface area contributed by atoms with E-state index in [4.69, 9.17) is 0 Å². The fraction of sp³-hybridized carbons (Fsp3) is 0.382. The van der Waals surface area contributed by atoms with E-state index in [-0.39, 0.29) is 11.8 Å². The number of fused-ring (bicyclic) bond motifs is 1. The van der Waals surface area contributed by atoms with Crippen LogP contribution in [-0.2, 0) is 16.6 Å². The number of carbonyl (C=O) groups excluding carboxylic acids is 3. The summed E-state index contributed by atoms with van der Waals surface area (Å²) in [5.74, 6) is -0.401. The Bertz CT molecular complexity index is 1270. The van der Waals surface area contributed by atoms with Crippen molar-refractivity contribution in [2.24, 2.45) is 12.5 Å². The molecule has 1 aromatic heterocycles. The standard InChI is InChI=1S/C19H18N4O3.C6H14.C4H7F.C3H6.C2H6/c1-12(25)21-14-3-5-15(6-4-14)22-19(26)18-10-13-9-16(20-11-24)7-8-17(13)23(18)2;1-5-6(2,3)4;1-4(2)3-5;1-3-2;1-2/h3-11H,1-2H3,(H,20,24)(H,21,25)(H,22,26);5H2,1-4H3;3H,1-2H3;3H,1H2,2H3;1-2H3. The summed E-state index contributed by atoms with van der Waals surface area (Å²) >= 11 is 0. The number of carbonyl (C=O) groups is 3. The van der Waals surface area contributed by atoms with Crippen molar-refractivity contribution in [1.82, 2.24) is 4.57 Å². The van der Waals surface area contributed by atoms with E-state index in [9.17, 15) is 18.8 Å². The van der Waals surface area contributed by atoms with Crippen LogP contribution in [0, 0.1) is 5.41 Å². The van der Waals surface area contributed by atoms with E-state index >= 15 is 0 Å². The second-order valence-corrected chi connectivity index (χ2v) is 10.3. The highest BCUT2D eigenvalue weighted by Gasteiger charge is 2.14. The van der Waals surface area contributed by atoms with Gasteiger partial charge >= 0.3 is 0 Å². The van der Waals surface area contributed by atoms with E-state index in [0.717, 1.165) is 10.9 Å². The van der Waals surface area contributed by atoms with Crippen LogP contribution in [0.4, 0.5) is 21.5 Å². The number of aryl methyl sites for hydroxylation is 1. The molecule has 232 valence electrons. The first-order valence-electron chi connectivity index (χ1n) is 14.0. The number of halogens is 1. The van der Waals surface area contributed by atoms with Crippen LogP contribution in [-0.4, -0.2) is 22.8 Å². The van der Waals surface area contributed by atoms with Gasteiger partial charge in [-0.1, -0.05) is 54.0 Å². The van der Waals surface area contributed by atoms with Crippen LogP contribution in [0.15, 0.2) is 73.1 Å². The van der Waals surface area contributed by atoms with Crippen LogP contribution in [0.25, 0.3) is 10.9 Å². The third kappa shape index (κ3) is 16.8. The predicted molar refractivity (Wildman–Crippen MR) is 179 cm³/mol. The molecule has 3 aromatic rings. The summed E-state index contributed by atoms with van der Waals surface area (Å²) in [7, 11) is 1.81. The van der Waals surface area contributed by atoms with Crippen molar-refractivity contribution in [3.63, 3.8) is 0 Å². The summed E-state index contributed by atoms with van der Waals surface area (Å²) in [6.07, 6.45) is 4.22. The highest BCUT2D eigenvalue weighted by atomic mass is 19.1. The van der Waals surface area contributed by atoms with Gasteiger partial charge in [-0.25, -0.2) is 4.39 Å². The lowest BCUT2D eigenvalue weighted by molar-refractivity contribution is -0.114. The fourth-order valence-electron chi connectivity index (χ4n) is 2.76. The lowest BCUT2D eigenvalue weighted by atomic mass is 9.94. The van der Waals surface area contributed by atoms with Crippen molar-refractivity contribution in [3.8, 4) is 0 Å². The summed E-state index contributed by atoms with van der Waals surface area (Å²) in [4.78, 5) is 34.2. The number of aromatic nitrogens is 1. The number of rotatable bonds is 5. The van der Waals surface area contributed by atoms with E-state index in [1.807, 2.05) is 40.0 Å². The molecule has 3 amide bonds. The van der Waals surface area contributed by atoms with Crippen molar-refractivity contribution in [2.75, 3.05) is 16.0 Å². The first-order valence-corrected chi connectivity index (χ1v) is 14.0. The molecule has 8 heteroatoms. The Morgan fingerprint density at radius 1 is 0.929 bits per heavy atom. The Labute approximate surface area is 252 Å². The van der Waals surface area contributed by atoms with E-state index in [0.29, 0.717) is 46.5 Å². The van der Waals surface area contributed by atoms with Crippen LogP contribution >= 0.6 is 0 Å². The highest BCUT2D eigenvalue weighted by Crippen LogP contribution is 2.23. The lowest BCUT2D eigenvalue weighted by Crippen LogP contribution is -2.15. The Balaban J connectivity index is 0. The fourth-order valence-corrected chi connectivity index (χ4v) is 2.76. The maximum Gasteiger partial charge on any atom is 0.272 e. The second-order valence-electron chi connectivity index (χ2n) is 10.3. The monoisotopic (exact) mass is 582 g/mol. The first-order chi connectivity index (χ1) is 19.7. The molecule has 0 unspecified atom stereocenters. The Kier molecular flexibility index (Phi) is 20.5. The smallest absolute Gasteiger partial charge is 0.272 e. The largest absolute Gasteiger partial charge is 0.340 e. The molecular formula is C34H51FN4O3. The zero-order valence-corrected chi connectivity index (χ0v) is 27.3. The zero-order chi connectivity index (χ0) is 32.9. The average molecular weight is 583 g/mol. The van der Waals surface area contributed by atoms with Gasteiger partial charge in [0.2, 0.25) is 12.3 Å². The van der Waals surface area contributed by atoms with Crippen LogP contribution < -0.4 is 16.0 Å². The molecule has 0 fully saturated rings. The van der Waals surface area contributed by atoms with Gasteiger partial charge in [0, 0.05) is 41.9 Å². The average Bonchev–Trinajstić information content (AvgIpc) is 3.27. The van der Waals surface area contributed by atoms with Crippen molar-refractivity contribution in [3.05, 3.63) is 78.8 Å². The number of nitrogens with zero attached hydrogens (tertiary/aromatic N) is 1. The maximum absolute atomic E-state index is 12.6. The molecule has 0 radical (unpaired) electrons. The summed E-state index contributed by atoms with van der Waals surface area (Å²) in [6, 6.07) is 14.1. The predicted octanol–water partition coefficient (Wildman–Crippen LogP) is 9.50. The molecule has 7 nitrogen and oxygen atoms in total. The quantitative estimate of drug-likeness (QED) is 0.207. The highest BCUT2D eigenvalue weighted by molar-refractivity contribution is 6.07. The number of hydrogen-bond donors (Lipinski definition) is 3. The van der Waals surface area contributed by atoms with Gasteiger partial charge in [-0.3, -0.25) is 14.4 Å². The van der Waals surface area contributed by atoms with Crippen molar-refractivity contribution < 1.29 is 18.8 Å². The number of nitrogens with one attached hydrogen (secondary N) is 3. The van der Waals surface area contributed by atoms with Gasteiger partial charge in [0.25, 0.3) is 5.91 Å². The third-order valence-corrected chi connectivity index (χ3v) is 5.24. The van der Waals surface area contributed by atoms with Gasteiger partial charge in [0.15, 0.2) is 0 Å². The molecule has 1 heterocycles. The van der Waals surface area contributed by atoms with Gasteiger partial charge in [-0.05, 0) is 80.3 Å². The first kappa shape index (κ1) is 39.9. The number of hydrogen-bond acceptors (Lipinski definition) is 3. The number of allylic oxidation sites excluding steroid dienone is 2. The zero-order valence-electron chi connectivity index (χ0n) is 27.3. The molecule has 0 aliphatic rings. The number of amides is 3. The van der Waals surface area contributed by atoms with Gasteiger partial charge in [-0.15, -0.1) is 6.58 Å². The van der Waals surface area contributed by atoms with E-state index in [1.165, 1.54) is 13.3 Å². The molecule has 3 N–H and O–H groups in total. The van der Waals surface area contributed by atoms with Crippen LogP contribution in [0.2, 0.25) is 0 Å². The minimum absolute atomic E-state index is 0.152. The minimum atomic E-state index is -0.249. The molecule has 2 aromatic carbocycles. The number of benzene rings is 2. The van der Waals surface area contributed by atoms with Crippen molar-refractivity contribution >= 4 is 46.2 Å². The van der Waals surface area contributed by atoms with E-state index in [1.54, 1.807) is 60.9 Å². The van der Waals surface area contributed by atoms with Gasteiger partial charge in [-0.2, -0.15) is 0 Å². The summed E-state index contributed by atoms with van der Waals surface area (Å²) in [5, 5.41) is 8.96. The number of anilines is 3. The molecule has 0 saturated heterocycles.